The van der Waals surface area contributed by atoms with Crippen LogP contribution in [-0.2, 0) is 0 Å². The largest absolute Gasteiger partial charge is 0.496 e. The molecular formula is C9H14N2O2S. The van der Waals surface area contributed by atoms with Crippen LogP contribution in [0.15, 0.2) is 11.4 Å². The maximum atomic E-state index is 11.7. The second kappa shape index (κ2) is 4.97. The van der Waals surface area contributed by atoms with Crippen LogP contribution in [0.4, 0.5) is 0 Å². The average molecular weight is 214 g/mol. The van der Waals surface area contributed by atoms with Gasteiger partial charge in [0.15, 0.2) is 0 Å². The first kappa shape index (κ1) is 11.0. The summed E-state index contributed by atoms with van der Waals surface area (Å²) in [4.78, 5) is 14.0. The van der Waals surface area contributed by atoms with Crippen molar-refractivity contribution >= 4 is 17.2 Å². The second-order valence-corrected chi connectivity index (χ2v) is 3.78. The van der Waals surface area contributed by atoms with E-state index >= 15 is 0 Å². The fourth-order valence-corrected chi connectivity index (χ4v) is 1.87. The Morgan fingerprint density at radius 2 is 2.43 bits per heavy atom. The van der Waals surface area contributed by atoms with E-state index in [1.54, 1.807) is 25.1 Å². The summed E-state index contributed by atoms with van der Waals surface area (Å²) in [7, 11) is 3.32. The number of ether oxygens (including phenoxy) is 1. The van der Waals surface area contributed by atoms with E-state index in [9.17, 15) is 4.79 Å². The molecule has 0 aromatic carbocycles. The summed E-state index contributed by atoms with van der Waals surface area (Å²) in [5.74, 6) is 0.711. The molecule has 78 valence electrons. The number of amides is 1. The van der Waals surface area contributed by atoms with E-state index in [4.69, 9.17) is 10.5 Å². The zero-order valence-corrected chi connectivity index (χ0v) is 9.13. The highest BCUT2D eigenvalue weighted by atomic mass is 32.1. The number of carbonyl (C=O) groups excluding carboxylic acids is 1. The van der Waals surface area contributed by atoms with Crippen LogP contribution in [0.3, 0.4) is 0 Å². The van der Waals surface area contributed by atoms with Crippen molar-refractivity contribution in [2.24, 2.45) is 5.73 Å². The third kappa shape index (κ3) is 2.46. The van der Waals surface area contributed by atoms with Gasteiger partial charge >= 0.3 is 0 Å². The number of nitrogens with zero attached hydrogens (tertiary/aromatic N) is 1. The van der Waals surface area contributed by atoms with Crippen LogP contribution in [0, 0.1) is 0 Å². The van der Waals surface area contributed by atoms with Gasteiger partial charge in [-0.15, -0.1) is 11.3 Å². The van der Waals surface area contributed by atoms with Crippen LogP contribution in [-0.4, -0.2) is 38.1 Å². The molecule has 1 aromatic heterocycles. The summed E-state index contributed by atoms with van der Waals surface area (Å²) in [5.41, 5.74) is 5.36. The maximum Gasteiger partial charge on any atom is 0.263 e. The van der Waals surface area contributed by atoms with E-state index in [1.807, 2.05) is 5.38 Å². The molecule has 1 amide bonds. The number of nitrogens with two attached hydrogens (primary N) is 1. The molecule has 0 saturated carbocycles. The molecule has 14 heavy (non-hydrogen) atoms. The van der Waals surface area contributed by atoms with Gasteiger partial charge in [-0.05, 0) is 0 Å². The lowest BCUT2D eigenvalue weighted by Gasteiger charge is -2.14. The summed E-state index contributed by atoms with van der Waals surface area (Å²) in [6.07, 6.45) is 0. The normalized spacial score (nSPS) is 9.93. The number of hydrogen-bond donors (Lipinski definition) is 1. The molecule has 0 radical (unpaired) electrons. The van der Waals surface area contributed by atoms with Gasteiger partial charge in [0.1, 0.15) is 5.75 Å². The first-order valence-corrected chi connectivity index (χ1v) is 5.15. The number of hydrogen-bond acceptors (Lipinski definition) is 4. The molecule has 0 spiro atoms. The van der Waals surface area contributed by atoms with Gasteiger partial charge in [-0.3, -0.25) is 4.79 Å². The average Bonchev–Trinajstić information content (AvgIpc) is 2.65. The monoisotopic (exact) mass is 214 g/mol. The highest BCUT2D eigenvalue weighted by Gasteiger charge is 2.13. The molecule has 1 heterocycles. The van der Waals surface area contributed by atoms with Gasteiger partial charge < -0.3 is 15.4 Å². The molecule has 2 N–H and O–H groups in total. The Kier molecular flexibility index (Phi) is 3.91. The third-order valence-corrected chi connectivity index (χ3v) is 2.73. The van der Waals surface area contributed by atoms with Gasteiger partial charge in [0.2, 0.25) is 0 Å². The van der Waals surface area contributed by atoms with E-state index < -0.39 is 0 Å². The fraction of sp³-hybridized carbons (Fsp3) is 0.444. The first-order chi connectivity index (χ1) is 6.69. The van der Waals surface area contributed by atoms with Gasteiger partial charge in [0.05, 0.1) is 12.0 Å². The molecule has 0 bridgehead atoms. The second-order valence-electron chi connectivity index (χ2n) is 2.87. The number of methoxy groups -OCH3 is 1. The lowest BCUT2D eigenvalue weighted by molar-refractivity contribution is 0.0803. The van der Waals surface area contributed by atoms with Crippen molar-refractivity contribution in [1.29, 1.82) is 0 Å². The van der Waals surface area contributed by atoms with Gasteiger partial charge in [-0.25, -0.2) is 0 Å². The summed E-state index contributed by atoms with van der Waals surface area (Å²) < 4.78 is 5.00. The topological polar surface area (TPSA) is 55.6 Å². The first-order valence-electron chi connectivity index (χ1n) is 4.27. The minimum atomic E-state index is -0.0104. The van der Waals surface area contributed by atoms with E-state index in [-0.39, 0.29) is 5.91 Å². The number of rotatable bonds is 4. The molecule has 0 unspecified atom stereocenters. The Morgan fingerprint density at radius 1 is 1.71 bits per heavy atom. The zero-order chi connectivity index (χ0) is 10.6. The zero-order valence-electron chi connectivity index (χ0n) is 8.32. The van der Waals surface area contributed by atoms with Gasteiger partial charge in [0, 0.05) is 31.6 Å². The highest BCUT2D eigenvalue weighted by Crippen LogP contribution is 2.21. The lowest BCUT2D eigenvalue weighted by atomic mass is 10.4. The van der Waals surface area contributed by atoms with Crippen LogP contribution in [0.25, 0.3) is 0 Å². The van der Waals surface area contributed by atoms with Crippen LogP contribution in [0.1, 0.15) is 9.67 Å². The number of thiophene rings is 1. The van der Waals surface area contributed by atoms with Crippen molar-refractivity contribution in [3.8, 4) is 5.75 Å². The van der Waals surface area contributed by atoms with Gasteiger partial charge in [-0.1, -0.05) is 0 Å². The van der Waals surface area contributed by atoms with Crippen LogP contribution in [0.2, 0.25) is 0 Å². The predicted octanol–water partition coefficient (Wildman–Crippen LogP) is 0.787. The van der Waals surface area contributed by atoms with Crippen LogP contribution < -0.4 is 10.5 Å². The van der Waals surface area contributed by atoms with Gasteiger partial charge in [0.25, 0.3) is 5.91 Å². The van der Waals surface area contributed by atoms with Crippen molar-refractivity contribution in [2.75, 3.05) is 27.2 Å². The Balaban J connectivity index is 2.68. The molecule has 0 aliphatic rings. The predicted molar refractivity (Wildman–Crippen MR) is 56.9 cm³/mol. The SMILES string of the molecule is COc1csc(C(=O)N(C)CCN)c1. The Hall–Kier alpha value is -1.07. The molecule has 0 aliphatic carbocycles. The smallest absolute Gasteiger partial charge is 0.263 e. The maximum absolute atomic E-state index is 11.7. The summed E-state index contributed by atoms with van der Waals surface area (Å²) in [5, 5.41) is 1.81. The van der Waals surface area contributed by atoms with E-state index in [1.165, 1.54) is 11.3 Å². The molecule has 5 heteroatoms. The van der Waals surface area contributed by atoms with E-state index in [2.05, 4.69) is 0 Å². The van der Waals surface area contributed by atoms with Crippen molar-refractivity contribution in [1.82, 2.24) is 4.90 Å². The Bertz CT molecular complexity index is 312. The number of likely N-dealkylation sites (N-methyl/N-ethyl adjacent to an activating group) is 1. The minimum absolute atomic E-state index is 0.0104. The van der Waals surface area contributed by atoms with Crippen molar-refractivity contribution in [3.05, 3.63) is 16.3 Å². The van der Waals surface area contributed by atoms with Crippen molar-refractivity contribution < 1.29 is 9.53 Å². The Morgan fingerprint density at radius 3 is 2.93 bits per heavy atom. The highest BCUT2D eigenvalue weighted by molar-refractivity contribution is 7.12. The van der Waals surface area contributed by atoms with Gasteiger partial charge in [-0.2, -0.15) is 0 Å². The summed E-state index contributed by atoms with van der Waals surface area (Å²) in [6, 6.07) is 1.74. The van der Waals surface area contributed by atoms with Crippen molar-refractivity contribution in [2.45, 2.75) is 0 Å². The molecule has 0 atom stereocenters. The summed E-state index contributed by atoms with van der Waals surface area (Å²) in [6.45, 7) is 1.05. The number of carbonyl (C=O) groups is 1. The van der Waals surface area contributed by atoms with Crippen LogP contribution in [0.5, 0.6) is 5.75 Å². The van der Waals surface area contributed by atoms with Crippen molar-refractivity contribution in [3.63, 3.8) is 0 Å². The Labute approximate surface area is 87.3 Å². The standard InChI is InChI=1S/C9H14N2O2S/c1-11(4-3-10)9(12)8-5-7(13-2)6-14-8/h5-6H,3-4,10H2,1-2H3. The van der Waals surface area contributed by atoms with Crippen LogP contribution >= 0.6 is 11.3 Å². The van der Waals surface area contributed by atoms with E-state index in [0.717, 1.165) is 5.75 Å². The minimum Gasteiger partial charge on any atom is -0.496 e. The van der Waals surface area contributed by atoms with E-state index in [0.29, 0.717) is 18.0 Å². The molecule has 1 aromatic rings. The quantitative estimate of drug-likeness (QED) is 0.806. The fourth-order valence-electron chi connectivity index (χ4n) is 1.02. The summed E-state index contributed by atoms with van der Waals surface area (Å²) >= 11 is 1.38. The third-order valence-electron chi connectivity index (χ3n) is 1.83. The molecule has 0 aliphatic heterocycles. The molecule has 0 fully saturated rings. The molecular weight excluding hydrogens is 200 g/mol. The lowest BCUT2D eigenvalue weighted by Crippen LogP contribution is -2.31. The molecule has 4 nitrogen and oxygen atoms in total. The molecule has 0 saturated heterocycles. The molecule has 1 rings (SSSR count).